The minimum absolute atomic E-state index is 0.0921. The summed E-state index contributed by atoms with van der Waals surface area (Å²) in [6.45, 7) is 6.83. The summed E-state index contributed by atoms with van der Waals surface area (Å²) in [5, 5.41) is 9.80. The number of nitrogens with two attached hydrogens (primary N) is 1. The van der Waals surface area contributed by atoms with Crippen LogP contribution in [0, 0.1) is 5.82 Å². The molecular formula is C19H28FN7O. The predicted octanol–water partition coefficient (Wildman–Crippen LogP) is 3.07. The van der Waals surface area contributed by atoms with E-state index < -0.39 is 5.82 Å². The molecule has 1 aliphatic rings. The molecule has 2 aromatic rings. The summed E-state index contributed by atoms with van der Waals surface area (Å²) >= 11 is 0. The smallest absolute Gasteiger partial charge is 0.233 e. The van der Waals surface area contributed by atoms with E-state index in [0.717, 1.165) is 25.8 Å². The van der Waals surface area contributed by atoms with Crippen molar-refractivity contribution in [1.29, 1.82) is 0 Å². The number of hydrogen-bond donors (Lipinski definition) is 4. The fourth-order valence-electron chi connectivity index (χ4n) is 3.28. The molecule has 1 saturated heterocycles. The largest absolute Gasteiger partial charge is 0.488 e. The second-order valence-electron chi connectivity index (χ2n) is 7.14. The van der Waals surface area contributed by atoms with Crippen molar-refractivity contribution in [3.63, 3.8) is 0 Å². The zero-order chi connectivity index (χ0) is 20.1. The van der Waals surface area contributed by atoms with Gasteiger partial charge < -0.3 is 26.4 Å². The van der Waals surface area contributed by atoms with Crippen molar-refractivity contribution < 1.29 is 9.13 Å². The molecule has 152 valence electrons. The summed E-state index contributed by atoms with van der Waals surface area (Å²) in [4.78, 5) is 12.7. The Kier molecular flexibility index (Phi) is 6.45. The van der Waals surface area contributed by atoms with Crippen LogP contribution in [0.3, 0.4) is 0 Å². The summed E-state index contributed by atoms with van der Waals surface area (Å²) in [6, 6.07) is 5.18. The fourth-order valence-corrected chi connectivity index (χ4v) is 3.28. The highest BCUT2D eigenvalue weighted by Gasteiger charge is 2.24. The molecule has 0 spiro atoms. The molecule has 0 bridgehead atoms. The maximum absolute atomic E-state index is 14.2. The molecule has 2 atom stereocenters. The molecule has 1 fully saturated rings. The SMILES string of the molecule is CCC(Nc1nc(N)nc(Nc2ccc(OC(C)C)c(F)c2)n1)C1CCCN1. The molecule has 0 amide bonds. The highest BCUT2D eigenvalue weighted by molar-refractivity contribution is 5.56. The number of hydrogen-bond acceptors (Lipinski definition) is 8. The van der Waals surface area contributed by atoms with Gasteiger partial charge in [0.2, 0.25) is 17.8 Å². The second-order valence-corrected chi connectivity index (χ2v) is 7.14. The van der Waals surface area contributed by atoms with E-state index in [1.54, 1.807) is 12.1 Å². The van der Waals surface area contributed by atoms with Gasteiger partial charge in [-0.1, -0.05) is 6.92 Å². The molecule has 0 aliphatic carbocycles. The van der Waals surface area contributed by atoms with Crippen molar-refractivity contribution in [2.45, 2.75) is 58.2 Å². The molecule has 0 saturated carbocycles. The molecule has 9 heteroatoms. The van der Waals surface area contributed by atoms with Gasteiger partial charge in [0.1, 0.15) is 0 Å². The Morgan fingerprint density at radius 1 is 1.29 bits per heavy atom. The first kappa shape index (κ1) is 20.1. The van der Waals surface area contributed by atoms with Gasteiger partial charge in [0.15, 0.2) is 11.6 Å². The van der Waals surface area contributed by atoms with Crippen LogP contribution in [0.5, 0.6) is 5.75 Å². The van der Waals surface area contributed by atoms with E-state index in [1.807, 2.05) is 13.8 Å². The second kappa shape index (κ2) is 9.01. The third kappa shape index (κ3) is 5.19. The molecule has 2 unspecified atom stereocenters. The number of rotatable bonds is 8. The van der Waals surface area contributed by atoms with Crippen molar-refractivity contribution >= 4 is 23.5 Å². The minimum Gasteiger partial charge on any atom is -0.488 e. The van der Waals surface area contributed by atoms with Gasteiger partial charge in [-0.2, -0.15) is 15.0 Å². The van der Waals surface area contributed by atoms with E-state index >= 15 is 0 Å². The number of halogens is 1. The monoisotopic (exact) mass is 389 g/mol. The number of nitrogens with zero attached hydrogens (tertiary/aromatic N) is 3. The van der Waals surface area contributed by atoms with Crippen LogP contribution in [0.2, 0.25) is 0 Å². The summed E-state index contributed by atoms with van der Waals surface area (Å²) < 4.78 is 19.6. The van der Waals surface area contributed by atoms with E-state index in [2.05, 4.69) is 37.8 Å². The predicted molar refractivity (Wildman–Crippen MR) is 108 cm³/mol. The first-order chi connectivity index (χ1) is 13.4. The Labute approximate surface area is 164 Å². The third-order valence-corrected chi connectivity index (χ3v) is 4.54. The highest BCUT2D eigenvalue weighted by Crippen LogP contribution is 2.24. The molecule has 1 aromatic carbocycles. The zero-order valence-electron chi connectivity index (χ0n) is 16.5. The molecule has 2 heterocycles. The number of nitrogens with one attached hydrogen (secondary N) is 3. The van der Waals surface area contributed by atoms with Gasteiger partial charge in [0, 0.05) is 23.8 Å². The topological polar surface area (TPSA) is 110 Å². The Balaban J connectivity index is 1.73. The fraction of sp³-hybridized carbons (Fsp3) is 0.526. The van der Waals surface area contributed by atoms with Gasteiger partial charge in [-0.25, -0.2) is 4.39 Å². The lowest BCUT2D eigenvalue weighted by Gasteiger charge is -2.23. The van der Waals surface area contributed by atoms with Crippen molar-refractivity contribution in [3.05, 3.63) is 24.0 Å². The first-order valence-electron chi connectivity index (χ1n) is 9.69. The van der Waals surface area contributed by atoms with Crippen molar-refractivity contribution in [2.24, 2.45) is 0 Å². The van der Waals surface area contributed by atoms with Gasteiger partial charge in [0.05, 0.1) is 6.10 Å². The molecule has 1 aliphatic heterocycles. The summed E-state index contributed by atoms with van der Waals surface area (Å²) in [6.07, 6.45) is 3.10. The molecule has 8 nitrogen and oxygen atoms in total. The number of aromatic nitrogens is 3. The third-order valence-electron chi connectivity index (χ3n) is 4.54. The highest BCUT2D eigenvalue weighted by atomic mass is 19.1. The number of nitrogen functional groups attached to an aromatic ring is 1. The zero-order valence-corrected chi connectivity index (χ0v) is 16.5. The summed E-state index contributed by atoms with van der Waals surface area (Å²) in [5.74, 6) is 0.483. The van der Waals surface area contributed by atoms with Gasteiger partial charge >= 0.3 is 0 Å². The van der Waals surface area contributed by atoms with E-state index in [9.17, 15) is 4.39 Å². The van der Waals surface area contributed by atoms with Gasteiger partial charge in [0.25, 0.3) is 0 Å². The van der Waals surface area contributed by atoms with Crippen LogP contribution in [0.15, 0.2) is 18.2 Å². The average molecular weight is 389 g/mol. The van der Waals surface area contributed by atoms with Crippen LogP contribution >= 0.6 is 0 Å². The van der Waals surface area contributed by atoms with E-state index in [0.29, 0.717) is 17.7 Å². The number of benzene rings is 1. The van der Waals surface area contributed by atoms with Crippen molar-refractivity contribution in [2.75, 3.05) is 22.9 Å². The standard InChI is InChI=1S/C19H28FN7O/c1-4-14(15-6-5-9-22-15)24-19-26-17(21)25-18(27-19)23-12-7-8-16(13(20)10-12)28-11(2)3/h7-8,10-11,14-15,22H,4-6,9H2,1-3H3,(H4,21,23,24,25,26,27). The van der Waals surface area contributed by atoms with Crippen LogP contribution in [0.4, 0.5) is 27.9 Å². The van der Waals surface area contributed by atoms with Gasteiger partial charge in [-0.3, -0.25) is 0 Å². The molecule has 0 radical (unpaired) electrons. The normalized spacial score (nSPS) is 17.5. The van der Waals surface area contributed by atoms with E-state index in [4.69, 9.17) is 10.5 Å². The lowest BCUT2D eigenvalue weighted by molar-refractivity contribution is 0.231. The molecule has 28 heavy (non-hydrogen) atoms. The summed E-state index contributed by atoms with van der Waals surface area (Å²) in [5.41, 5.74) is 6.34. The Morgan fingerprint density at radius 3 is 2.71 bits per heavy atom. The van der Waals surface area contributed by atoms with Crippen LogP contribution in [0.25, 0.3) is 0 Å². The molecule has 5 N–H and O–H groups in total. The Morgan fingerprint density at radius 2 is 2.07 bits per heavy atom. The Bertz CT molecular complexity index is 796. The number of ether oxygens (including phenoxy) is 1. The quantitative estimate of drug-likeness (QED) is 0.545. The molecule has 3 rings (SSSR count). The van der Waals surface area contributed by atoms with Crippen molar-refractivity contribution in [3.8, 4) is 5.75 Å². The molecular weight excluding hydrogens is 361 g/mol. The van der Waals surface area contributed by atoms with Crippen LogP contribution in [-0.2, 0) is 0 Å². The van der Waals surface area contributed by atoms with E-state index in [-0.39, 0.29) is 29.8 Å². The average Bonchev–Trinajstić information content (AvgIpc) is 3.16. The van der Waals surface area contributed by atoms with Crippen LogP contribution < -0.4 is 26.4 Å². The van der Waals surface area contributed by atoms with Crippen molar-refractivity contribution in [1.82, 2.24) is 20.3 Å². The van der Waals surface area contributed by atoms with E-state index in [1.165, 1.54) is 6.07 Å². The van der Waals surface area contributed by atoms with Gasteiger partial charge in [-0.15, -0.1) is 0 Å². The van der Waals surface area contributed by atoms with Crippen LogP contribution in [0.1, 0.15) is 40.0 Å². The Hall–Kier alpha value is -2.68. The number of anilines is 4. The maximum Gasteiger partial charge on any atom is 0.233 e. The summed E-state index contributed by atoms with van der Waals surface area (Å²) in [7, 11) is 0. The lowest BCUT2D eigenvalue weighted by Crippen LogP contribution is -2.40. The van der Waals surface area contributed by atoms with Gasteiger partial charge in [-0.05, 0) is 51.8 Å². The first-order valence-corrected chi connectivity index (χ1v) is 9.69. The lowest BCUT2D eigenvalue weighted by atomic mass is 10.0. The molecule has 1 aromatic heterocycles. The maximum atomic E-state index is 14.2. The minimum atomic E-state index is -0.461. The van der Waals surface area contributed by atoms with Crippen LogP contribution in [-0.4, -0.2) is 39.7 Å².